The summed E-state index contributed by atoms with van der Waals surface area (Å²) < 4.78 is 3.46. The van der Waals surface area contributed by atoms with E-state index < -0.39 is 0 Å². The van der Waals surface area contributed by atoms with Crippen LogP contribution in [0.3, 0.4) is 0 Å². The summed E-state index contributed by atoms with van der Waals surface area (Å²) in [5.74, 6) is 0.596. The summed E-state index contributed by atoms with van der Waals surface area (Å²) in [4.78, 5) is 28.5. The summed E-state index contributed by atoms with van der Waals surface area (Å²) in [5, 5.41) is 22.1. The third-order valence-electron chi connectivity index (χ3n) is 9.05. The van der Waals surface area contributed by atoms with E-state index in [9.17, 15) is 9.90 Å². The number of aromatic nitrogens is 7. The van der Waals surface area contributed by atoms with Crippen LogP contribution in [0.2, 0.25) is 0 Å². The molecular formula is C33H32N8O2. The second kappa shape index (κ2) is 10.3. The second-order valence-corrected chi connectivity index (χ2v) is 11.9. The van der Waals surface area contributed by atoms with Crippen molar-refractivity contribution in [2.75, 3.05) is 20.1 Å². The molecule has 10 nitrogen and oxygen atoms in total. The van der Waals surface area contributed by atoms with Crippen LogP contribution in [-0.2, 0) is 6.61 Å². The van der Waals surface area contributed by atoms with Crippen LogP contribution in [0, 0.1) is 0 Å². The number of likely N-dealkylation sites (tertiary alicyclic amines) is 1. The van der Waals surface area contributed by atoms with Gasteiger partial charge < -0.3 is 15.0 Å². The summed E-state index contributed by atoms with van der Waals surface area (Å²) in [7, 11) is 2.16. The predicted molar refractivity (Wildman–Crippen MR) is 165 cm³/mol. The highest BCUT2D eigenvalue weighted by molar-refractivity contribution is 5.95. The molecule has 6 aromatic rings. The Morgan fingerprint density at radius 3 is 2.65 bits per heavy atom. The molecule has 1 saturated carbocycles. The van der Waals surface area contributed by atoms with Gasteiger partial charge >= 0.3 is 0 Å². The van der Waals surface area contributed by atoms with Crippen LogP contribution in [0.15, 0.2) is 72.2 Å². The van der Waals surface area contributed by atoms with Crippen molar-refractivity contribution in [3.8, 4) is 28.2 Å². The third kappa shape index (κ3) is 4.54. The summed E-state index contributed by atoms with van der Waals surface area (Å²) in [6.45, 7) is 1.85. The maximum atomic E-state index is 13.6. The molecule has 0 radical (unpaired) electrons. The number of aromatic amines is 1. The lowest BCUT2D eigenvalue weighted by Crippen LogP contribution is -2.31. The standard InChI is InChI=1S/C33H32N8O2/c1-39-11-9-24(10-12-39)40-17-23(16-36-40)29-14-27-31(34-19-35-32(27)38-29)26-3-2-4-30(28(26)18-42)41-33(43)25-8-7-21(20-5-6-20)13-22(25)15-37-41/h2-4,7-8,13-17,19-20,24,42H,5-6,9-12,18H2,1H3,(H,34,35,38). The molecule has 0 amide bonds. The molecule has 1 aliphatic heterocycles. The van der Waals surface area contributed by atoms with Crippen LogP contribution in [-0.4, -0.2) is 64.7 Å². The van der Waals surface area contributed by atoms with Crippen molar-refractivity contribution in [2.45, 2.75) is 44.2 Å². The lowest BCUT2D eigenvalue weighted by atomic mass is 10.0. The van der Waals surface area contributed by atoms with E-state index in [4.69, 9.17) is 0 Å². The van der Waals surface area contributed by atoms with E-state index in [0.29, 0.717) is 39.9 Å². The first-order valence-electron chi connectivity index (χ1n) is 14.9. The lowest BCUT2D eigenvalue weighted by molar-refractivity contribution is 0.212. The monoisotopic (exact) mass is 572 g/mol. The first-order valence-corrected chi connectivity index (χ1v) is 14.9. The summed E-state index contributed by atoms with van der Waals surface area (Å²) in [5.41, 5.74) is 6.11. The second-order valence-electron chi connectivity index (χ2n) is 11.9. The van der Waals surface area contributed by atoms with Gasteiger partial charge in [-0.3, -0.25) is 9.48 Å². The highest BCUT2D eigenvalue weighted by atomic mass is 16.3. The molecule has 10 heteroatoms. The SMILES string of the molecule is CN1CCC(n2cc(-c3cc4c(-c5cccc(-n6ncc7cc(C8CC8)ccc7c6=O)c5CO)ncnc4[nH]3)cn2)CC1. The Labute approximate surface area is 247 Å². The molecule has 5 heterocycles. The average Bonchev–Trinajstić information content (AvgIpc) is 3.60. The Bertz CT molecular complexity index is 2050. The molecule has 2 N–H and O–H groups in total. The van der Waals surface area contributed by atoms with E-state index in [1.54, 1.807) is 6.20 Å². The van der Waals surface area contributed by atoms with Crippen LogP contribution in [0.1, 0.15) is 48.8 Å². The van der Waals surface area contributed by atoms with Crippen LogP contribution >= 0.6 is 0 Å². The number of aliphatic hydroxyl groups is 1. The van der Waals surface area contributed by atoms with E-state index in [0.717, 1.165) is 53.5 Å². The smallest absolute Gasteiger partial charge is 0.279 e. The van der Waals surface area contributed by atoms with E-state index in [1.807, 2.05) is 42.6 Å². The molecule has 0 atom stereocenters. The van der Waals surface area contributed by atoms with E-state index in [2.05, 4.69) is 54.0 Å². The molecule has 0 spiro atoms. The Morgan fingerprint density at radius 1 is 0.977 bits per heavy atom. The van der Waals surface area contributed by atoms with Gasteiger partial charge in [0.15, 0.2) is 0 Å². The Morgan fingerprint density at radius 2 is 1.84 bits per heavy atom. The molecule has 1 aliphatic carbocycles. The molecule has 2 aromatic carbocycles. The van der Waals surface area contributed by atoms with Gasteiger partial charge in [-0.1, -0.05) is 18.2 Å². The van der Waals surface area contributed by atoms with Gasteiger partial charge in [-0.2, -0.15) is 14.9 Å². The van der Waals surface area contributed by atoms with Crippen LogP contribution < -0.4 is 5.56 Å². The van der Waals surface area contributed by atoms with Crippen LogP contribution in [0.5, 0.6) is 0 Å². The van der Waals surface area contributed by atoms with Crippen molar-refractivity contribution in [3.63, 3.8) is 0 Å². The highest BCUT2D eigenvalue weighted by Crippen LogP contribution is 2.40. The van der Waals surface area contributed by atoms with Crippen LogP contribution in [0.4, 0.5) is 0 Å². The zero-order valence-electron chi connectivity index (χ0n) is 23.9. The Balaban J connectivity index is 1.18. The summed E-state index contributed by atoms with van der Waals surface area (Å²) >= 11 is 0. The Hall–Kier alpha value is -4.67. The fourth-order valence-electron chi connectivity index (χ4n) is 6.42. The number of nitrogens with one attached hydrogen (secondary N) is 1. The highest BCUT2D eigenvalue weighted by Gasteiger charge is 2.24. The number of rotatable bonds is 6. The number of hydrogen-bond donors (Lipinski definition) is 2. The van der Waals surface area contributed by atoms with Crippen molar-refractivity contribution in [2.24, 2.45) is 0 Å². The van der Waals surface area contributed by atoms with E-state index in [1.165, 1.54) is 29.4 Å². The Kier molecular flexibility index (Phi) is 6.20. The first-order chi connectivity index (χ1) is 21.1. The molecule has 43 heavy (non-hydrogen) atoms. The summed E-state index contributed by atoms with van der Waals surface area (Å²) in [6.07, 6.45) is 11.8. The van der Waals surface area contributed by atoms with Crippen molar-refractivity contribution in [1.82, 2.24) is 39.4 Å². The summed E-state index contributed by atoms with van der Waals surface area (Å²) in [6, 6.07) is 14.0. The third-order valence-corrected chi connectivity index (χ3v) is 9.05. The predicted octanol–water partition coefficient (Wildman–Crippen LogP) is 4.82. The van der Waals surface area contributed by atoms with Gasteiger partial charge in [-0.05, 0) is 81.6 Å². The molecule has 4 aromatic heterocycles. The number of aliphatic hydroxyl groups excluding tert-OH is 1. The quantitative estimate of drug-likeness (QED) is 0.294. The largest absolute Gasteiger partial charge is 0.392 e. The van der Waals surface area contributed by atoms with Gasteiger partial charge in [0.25, 0.3) is 5.56 Å². The van der Waals surface area contributed by atoms with Crippen LogP contribution in [0.25, 0.3) is 50.0 Å². The number of hydrogen-bond acceptors (Lipinski definition) is 7. The van der Waals surface area contributed by atoms with E-state index >= 15 is 0 Å². The van der Waals surface area contributed by atoms with Gasteiger partial charge in [-0.25, -0.2) is 9.97 Å². The van der Waals surface area contributed by atoms with E-state index in [-0.39, 0.29) is 12.2 Å². The van der Waals surface area contributed by atoms with Gasteiger partial charge in [0, 0.05) is 33.7 Å². The molecule has 216 valence electrons. The van der Waals surface area contributed by atoms with Gasteiger partial charge in [-0.15, -0.1) is 0 Å². The molecule has 1 saturated heterocycles. The van der Waals surface area contributed by atoms with Crippen molar-refractivity contribution in [3.05, 3.63) is 88.9 Å². The molecular weight excluding hydrogens is 540 g/mol. The molecule has 0 unspecified atom stereocenters. The van der Waals surface area contributed by atoms with Gasteiger partial charge in [0.1, 0.15) is 12.0 Å². The zero-order chi connectivity index (χ0) is 29.1. The number of benzene rings is 2. The number of nitrogens with zero attached hydrogens (tertiary/aromatic N) is 7. The zero-order valence-corrected chi connectivity index (χ0v) is 23.9. The number of H-pyrrole nitrogens is 1. The number of piperidine rings is 1. The topological polar surface area (TPSA) is 118 Å². The maximum Gasteiger partial charge on any atom is 0.279 e. The fourth-order valence-corrected chi connectivity index (χ4v) is 6.42. The minimum absolute atomic E-state index is 0.218. The van der Waals surface area contributed by atoms with Gasteiger partial charge in [0.2, 0.25) is 0 Å². The van der Waals surface area contributed by atoms with Crippen molar-refractivity contribution in [1.29, 1.82) is 0 Å². The molecule has 2 aliphatic rings. The lowest BCUT2D eigenvalue weighted by Gasteiger charge is -2.28. The fraction of sp³-hybridized carbons (Fsp3) is 0.303. The maximum absolute atomic E-state index is 13.6. The van der Waals surface area contributed by atoms with Gasteiger partial charge in [0.05, 0.1) is 47.5 Å². The first kappa shape index (κ1) is 26.0. The number of fused-ring (bicyclic) bond motifs is 2. The minimum Gasteiger partial charge on any atom is -0.392 e. The average molecular weight is 573 g/mol. The molecule has 8 rings (SSSR count). The normalized spacial score (nSPS) is 16.4. The van der Waals surface area contributed by atoms with Crippen molar-refractivity contribution < 1.29 is 5.11 Å². The van der Waals surface area contributed by atoms with Crippen molar-refractivity contribution >= 4 is 21.8 Å². The molecule has 2 fully saturated rings. The molecule has 0 bridgehead atoms. The minimum atomic E-state index is -0.287.